The smallest absolute Gasteiger partial charge is 0.0632 e. The van der Waals surface area contributed by atoms with E-state index in [-0.39, 0.29) is 0 Å². The van der Waals surface area contributed by atoms with Crippen molar-refractivity contribution < 1.29 is 0 Å². The fourth-order valence-corrected chi connectivity index (χ4v) is 6.57. The number of hydrogen-bond acceptors (Lipinski definition) is 0. The Balaban J connectivity index is 1.84. The molecule has 8 aromatic rings. The fourth-order valence-electron chi connectivity index (χ4n) is 6.20. The van der Waals surface area contributed by atoms with Crippen LogP contribution in [0, 0.1) is 0 Å². The highest BCUT2D eigenvalue weighted by molar-refractivity contribution is 9.10. The minimum Gasteiger partial charge on any atom is -0.309 e. The van der Waals surface area contributed by atoms with Crippen LogP contribution in [-0.4, -0.2) is 4.57 Å². The minimum absolute atomic E-state index is 1.09. The summed E-state index contributed by atoms with van der Waals surface area (Å²) in [5.41, 5.74) is 3.66. The van der Waals surface area contributed by atoms with E-state index in [1.165, 1.54) is 70.6 Å². The maximum absolute atomic E-state index is 3.76. The molecule has 0 aliphatic heterocycles. The monoisotopic (exact) mass is 521 g/mol. The van der Waals surface area contributed by atoms with E-state index in [2.05, 4.69) is 142 Å². The van der Waals surface area contributed by atoms with Crippen LogP contribution >= 0.6 is 15.9 Å². The summed E-state index contributed by atoms with van der Waals surface area (Å²) in [5, 5.41) is 13.0. The summed E-state index contributed by atoms with van der Waals surface area (Å²) < 4.78 is 3.56. The molecule has 0 unspecified atom stereocenters. The number of benzene rings is 7. The van der Waals surface area contributed by atoms with Gasteiger partial charge in [-0.2, -0.15) is 0 Å². The van der Waals surface area contributed by atoms with Crippen LogP contribution < -0.4 is 0 Å². The van der Waals surface area contributed by atoms with Crippen molar-refractivity contribution in [1.82, 2.24) is 4.57 Å². The first-order chi connectivity index (χ1) is 17.8. The third kappa shape index (κ3) is 2.60. The van der Waals surface area contributed by atoms with E-state index in [9.17, 15) is 0 Å². The van der Waals surface area contributed by atoms with E-state index in [4.69, 9.17) is 0 Å². The molecule has 7 aromatic carbocycles. The lowest BCUT2D eigenvalue weighted by Gasteiger charge is -2.17. The van der Waals surface area contributed by atoms with Gasteiger partial charge in [0.15, 0.2) is 0 Å². The van der Waals surface area contributed by atoms with Crippen LogP contribution in [0.5, 0.6) is 0 Å². The standard InChI is InChI=1S/C34H20BrN/c35-21-18-19-30-29(20-21)32-28-17-9-8-16-27(28)31-25-14-6-4-12-23(25)24-13-5-7-15-26(24)33(31)34(32)36(30)22-10-2-1-3-11-22/h1-20H. The zero-order valence-electron chi connectivity index (χ0n) is 19.4. The molecule has 0 aliphatic rings. The zero-order valence-corrected chi connectivity index (χ0v) is 21.0. The van der Waals surface area contributed by atoms with Gasteiger partial charge in [-0.05, 0) is 62.6 Å². The average molecular weight is 522 g/mol. The van der Waals surface area contributed by atoms with Crippen LogP contribution in [0.4, 0.5) is 0 Å². The highest BCUT2D eigenvalue weighted by Gasteiger charge is 2.22. The molecule has 1 heterocycles. The molecule has 0 fully saturated rings. The van der Waals surface area contributed by atoms with Crippen molar-refractivity contribution in [3.63, 3.8) is 0 Å². The van der Waals surface area contributed by atoms with Gasteiger partial charge >= 0.3 is 0 Å². The van der Waals surface area contributed by atoms with Gasteiger partial charge in [0, 0.05) is 31.7 Å². The Hall–Kier alpha value is -4.14. The molecule has 168 valence electrons. The lowest BCUT2D eigenvalue weighted by Crippen LogP contribution is -1.95. The highest BCUT2D eigenvalue weighted by Crippen LogP contribution is 2.47. The van der Waals surface area contributed by atoms with E-state index in [1.54, 1.807) is 0 Å². The van der Waals surface area contributed by atoms with Crippen molar-refractivity contribution >= 4 is 80.8 Å². The van der Waals surface area contributed by atoms with Gasteiger partial charge in [0.05, 0.1) is 11.0 Å². The molecule has 36 heavy (non-hydrogen) atoms. The van der Waals surface area contributed by atoms with E-state index in [0.29, 0.717) is 0 Å². The number of para-hydroxylation sites is 1. The molecule has 8 rings (SSSR count). The Morgan fingerprint density at radius 3 is 1.56 bits per heavy atom. The van der Waals surface area contributed by atoms with Crippen molar-refractivity contribution in [3.8, 4) is 5.69 Å². The van der Waals surface area contributed by atoms with Crippen molar-refractivity contribution in [1.29, 1.82) is 0 Å². The van der Waals surface area contributed by atoms with Crippen LogP contribution in [0.2, 0.25) is 0 Å². The van der Waals surface area contributed by atoms with Gasteiger partial charge in [-0.1, -0.05) is 107 Å². The van der Waals surface area contributed by atoms with E-state index in [1.807, 2.05) is 0 Å². The first-order valence-electron chi connectivity index (χ1n) is 12.2. The molecule has 0 saturated heterocycles. The Labute approximate surface area is 216 Å². The Morgan fingerprint density at radius 1 is 0.417 bits per heavy atom. The molecule has 1 aromatic heterocycles. The van der Waals surface area contributed by atoms with Crippen molar-refractivity contribution in [3.05, 3.63) is 126 Å². The molecule has 0 radical (unpaired) electrons. The van der Waals surface area contributed by atoms with Crippen LogP contribution in [-0.2, 0) is 0 Å². The summed E-state index contributed by atoms with van der Waals surface area (Å²) in [4.78, 5) is 0. The number of halogens is 1. The molecule has 0 aliphatic carbocycles. The van der Waals surface area contributed by atoms with Gasteiger partial charge in [-0.3, -0.25) is 0 Å². The van der Waals surface area contributed by atoms with Crippen molar-refractivity contribution in [2.75, 3.05) is 0 Å². The molecule has 0 amide bonds. The second-order valence-electron chi connectivity index (χ2n) is 9.44. The predicted molar refractivity (Wildman–Crippen MR) is 159 cm³/mol. The molecular formula is C34H20BrN. The number of fused-ring (bicyclic) bond motifs is 13. The normalized spacial score (nSPS) is 12.0. The molecule has 0 atom stereocenters. The first-order valence-corrected chi connectivity index (χ1v) is 13.0. The minimum atomic E-state index is 1.09. The Bertz CT molecular complexity index is 2150. The van der Waals surface area contributed by atoms with E-state index < -0.39 is 0 Å². The summed E-state index contributed by atoms with van der Waals surface area (Å²) in [6.45, 7) is 0. The van der Waals surface area contributed by atoms with Gasteiger partial charge < -0.3 is 4.57 Å². The number of nitrogens with zero attached hydrogens (tertiary/aromatic N) is 1. The highest BCUT2D eigenvalue weighted by atomic mass is 79.9. The van der Waals surface area contributed by atoms with Crippen molar-refractivity contribution in [2.45, 2.75) is 0 Å². The third-order valence-electron chi connectivity index (χ3n) is 7.58. The Morgan fingerprint density at radius 2 is 0.917 bits per heavy atom. The summed E-state index contributed by atoms with van der Waals surface area (Å²) >= 11 is 3.76. The van der Waals surface area contributed by atoms with Crippen LogP contribution in [0.25, 0.3) is 70.6 Å². The second-order valence-corrected chi connectivity index (χ2v) is 10.4. The molecule has 0 N–H and O–H groups in total. The number of hydrogen-bond donors (Lipinski definition) is 0. The second kappa shape index (κ2) is 7.43. The molecule has 0 bridgehead atoms. The van der Waals surface area contributed by atoms with Gasteiger partial charge in [-0.15, -0.1) is 0 Å². The van der Waals surface area contributed by atoms with Gasteiger partial charge in [0.25, 0.3) is 0 Å². The van der Waals surface area contributed by atoms with E-state index in [0.717, 1.165) is 4.47 Å². The lowest BCUT2D eigenvalue weighted by atomic mass is 9.89. The number of rotatable bonds is 1. The summed E-state index contributed by atoms with van der Waals surface area (Å²) in [5.74, 6) is 0. The summed E-state index contributed by atoms with van der Waals surface area (Å²) in [6.07, 6.45) is 0. The van der Waals surface area contributed by atoms with Crippen LogP contribution in [0.15, 0.2) is 126 Å². The number of aromatic nitrogens is 1. The SMILES string of the molecule is Brc1ccc2c(c1)c1c3ccccc3c3c4ccccc4c4ccccc4c3c1n2-c1ccccc1. The van der Waals surface area contributed by atoms with E-state index >= 15 is 0 Å². The fraction of sp³-hybridized carbons (Fsp3) is 0. The Kier molecular flexibility index (Phi) is 4.15. The zero-order chi connectivity index (χ0) is 23.8. The third-order valence-corrected chi connectivity index (χ3v) is 8.07. The summed E-state index contributed by atoms with van der Waals surface area (Å²) in [6, 6.07) is 44.1. The quantitative estimate of drug-likeness (QED) is 0.189. The molecular weight excluding hydrogens is 502 g/mol. The van der Waals surface area contributed by atoms with Gasteiger partial charge in [0.2, 0.25) is 0 Å². The lowest BCUT2D eigenvalue weighted by molar-refractivity contribution is 1.19. The molecule has 0 saturated carbocycles. The van der Waals surface area contributed by atoms with Gasteiger partial charge in [-0.25, -0.2) is 0 Å². The summed E-state index contributed by atoms with van der Waals surface area (Å²) in [7, 11) is 0. The molecule has 0 spiro atoms. The predicted octanol–water partition coefficient (Wildman–Crippen LogP) is 10.2. The maximum Gasteiger partial charge on any atom is 0.0632 e. The molecule has 1 nitrogen and oxygen atoms in total. The van der Waals surface area contributed by atoms with Gasteiger partial charge in [0.1, 0.15) is 0 Å². The largest absolute Gasteiger partial charge is 0.309 e. The average Bonchev–Trinajstić information content (AvgIpc) is 3.27. The maximum atomic E-state index is 3.76. The van der Waals surface area contributed by atoms with Crippen molar-refractivity contribution in [2.24, 2.45) is 0 Å². The first kappa shape index (κ1) is 20.1. The van der Waals surface area contributed by atoms with Crippen LogP contribution in [0.3, 0.4) is 0 Å². The topological polar surface area (TPSA) is 4.93 Å². The van der Waals surface area contributed by atoms with Crippen LogP contribution in [0.1, 0.15) is 0 Å². The molecule has 2 heteroatoms.